The summed E-state index contributed by atoms with van der Waals surface area (Å²) in [5.74, 6) is -12.0. The van der Waals surface area contributed by atoms with Crippen LogP contribution >= 0.6 is 0 Å². The molecule has 0 unspecified atom stereocenters. The predicted octanol–water partition coefficient (Wildman–Crippen LogP) is 2.60. The van der Waals surface area contributed by atoms with Gasteiger partial charge < -0.3 is 10.2 Å². The molecule has 8 heteroatoms. The van der Waals surface area contributed by atoms with E-state index in [1.165, 1.54) is 0 Å². The fourth-order valence-electron chi connectivity index (χ4n) is 2.46. The van der Waals surface area contributed by atoms with Crippen molar-refractivity contribution in [2.75, 3.05) is 19.6 Å². The molecule has 0 aliphatic carbocycles. The van der Waals surface area contributed by atoms with Gasteiger partial charge in [-0.1, -0.05) is 6.92 Å². The molecule has 1 aliphatic heterocycles. The summed E-state index contributed by atoms with van der Waals surface area (Å²) >= 11 is 0. The van der Waals surface area contributed by atoms with E-state index in [4.69, 9.17) is 0 Å². The Kier molecular flexibility index (Phi) is 5.00. The summed E-state index contributed by atoms with van der Waals surface area (Å²) in [6, 6.07) is -0.356. The molecule has 0 bridgehead atoms. The van der Waals surface area contributed by atoms with Gasteiger partial charge in [-0.3, -0.25) is 4.79 Å². The molecule has 1 amide bonds. The second-order valence-electron chi connectivity index (χ2n) is 5.13. The van der Waals surface area contributed by atoms with Crippen LogP contribution in [0.3, 0.4) is 0 Å². The van der Waals surface area contributed by atoms with Gasteiger partial charge in [-0.05, 0) is 19.4 Å². The summed E-state index contributed by atoms with van der Waals surface area (Å²) in [6.45, 7) is 4.21. The molecular weight excluding hydrogens is 307 g/mol. The number of hydrogen-bond acceptors (Lipinski definition) is 2. The van der Waals surface area contributed by atoms with Crippen LogP contribution in [0.1, 0.15) is 30.1 Å². The van der Waals surface area contributed by atoms with Gasteiger partial charge in [0.05, 0.1) is 0 Å². The number of nitrogens with zero attached hydrogens (tertiary/aromatic N) is 1. The van der Waals surface area contributed by atoms with E-state index in [-0.39, 0.29) is 6.04 Å². The molecule has 0 aromatic heterocycles. The van der Waals surface area contributed by atoms with E-state index in [0.29, 0.717) is 25.9 Å². The summed E-state index contributed by atoms with van der Waals surface area (Å²) in [4.78, 5) is 14.0. The molecule has 0 spiro atoms. The molecule has 0 radical (unpaired) electrons. The van der Waals surface area contributed by atoms with Crippen LogP contribution < -0.4 is 5.32 Å². The van der Waals surface area contributed by atoms with Crippen molar-refractivity contribution < 1.29 is 26.7 Å². The van der Waals surface area contributed by atoms with Crippen molar-refractivity contribution in [3.05, 3.63) is 34.6 Å². The Labute approximate surface area is 124 Å². The lowest BCUT2D eigenvalue weighted by atomic mass is 10.0. The number of nitrogens with one attached hydrogen (secondary N) is 1. The van der Waals surface area contributed by atoms with E-state index in [1.54, 1.807) is 0 Å². The van der Waals surface area contributed by atoms with Gasteiger partial charge in [-0.2, -0.15) is 0 Å². The van der Waals surface area contributed by atoms with Crippen LogP contribution in [0.25, 0.3) is 0 Å². The van der Waals surface area contributed by atoms with Crippen LogP contribution in [0.5, 0.6) is 0 Å². The van der Waals surface area contributed by atoms with Crippen LogP contribution in [0, 0.1) is 29.1 Å². The summed E-state index contributed by atoms with van der Waals surface area (Å²) in [7, 11) is 0. The van der Waals surface area contributed by atoms with Gasteiger partial charge in [0, 0.05) is 19.1 Å². The van der Waals surface area contributed by atoms with Crippen molar-refractivity contribution in [3.8, 4) is 0 Å². The molecule has 1 aliphatic rings. The highest BCUT2D eigenvalue weighted by molar-refractivity contribution is 5.95. The second kappa shape index (κ2) is 6.60. The monoisotopic (exact) mass is 322 g/mol. The number of piperidine rings is 1. The van der Waals surface area contributed by atoms with E-state index >= 15 is 0 Å². The maximum atomic E-state index is 13.5. The standard InChI is InChI=1S/C14H15F5N2O/c1-2-21-5-3-7(4-6-21)20-14(22)8-9(15)11(17)13(19)12(18)10(8)16/h7H,2-6H2,1H3,(H,20,22). The van der Waals surface area contributed by atoms with Crippen molar-refractivity contribution in [1.29, 1.82) is 0 Å². The molecule has 1 aromatic rings. The summed E-state index contributed by atoms with van der Waals surface area (Å²) in [6.07, 6.45) is 1.10. The summed E-state index contributed by atoms with van der Waals surface area (Å²) < 4.78 is 66.2. The van der Waals surface area contributed by atoms with E-state index in [9.17, 15) is 26.7 Å². The van der Waals surface area contributed by atoms with Gasteiger partial charge in [0.15, 0.2) is 23.3 Å². The molecule has 1 aromatic carbocycles. The molecule has 0 saturated carbocycles. The minimum Gasteiger partial charge on any atom is -0.349 e. The van der Waals surface area contributed by atoms with Gasteiger partial charge in [0.25, 0.3) is 5.91 Å². The van der Waals surface area contributed by atoms with Crippen LogP contribution in [0.15, 0.2) is 0 Å². The zero-order valence-electron chi connectivity index (χ0n) is 11.9. The summed E-state index contributed by atoms with van der Waals surface area (Å²) in [5, 5.41) is 2.33. The minimum absolute atomic E-state index is 0.356. The number of carbonyl (C=O) groups excluding carboxylic acids is 1. The molecule has 0 atom stereocenters. The highest BCUT2D eigenvalue weighted by Gasteiger charge is 2.31. The van der Waals surface area contributed by atoms with Gasteiger partial charge in [0.2, 0.25) is 5.82 Å². The molecule has 22 heavy (non-hydrogen) atoms. The number of likely N-dealkylation sites (tertiary alicyclic amines) is 1. The predicted molar refractivity (Wildman–Crippen MR) is 68.8 cm³/mol. The molecule has 122 valence electrons. The number of carbonyl (C=O) groups is 1. The Balaban J connectivity index is 2.17. The smallest absolute Gasteiger partial charge is 0.257 e. The first-order valence-electron chi connectivity index (χ1n) is 6.91. The van der Waals surface area contributed by atoms with E-state index in [2.05, 4.69) is 10.2 Å². The first-order valence-corrected chi connectivity index (χ1v) is 6.91. The first kappa shape index (κ1) is 16.7. The van der Waals surface area contributed by atoms with Gasteiger partial charge >= 0.3 is 0 Å². The molecule has 1 saturated heterocycles. The van der Waals surface area contributed by atoms with Crippen LogP contribution in [-0.2, 0) is 0 Å². The van der Waals surface area contributed by atoms with Crippen molar-refractivity contribution in [2.45, 2.75) is 25.8 Å². The highest BCUT2D eigenvalue weighted by atomic mass is 19.2. The zero-order chi connectivity index (χ0) is 16.4. The van der Waals surface area contributed by atoms with Crippen molar-refractivity contribution >= 4 is 5.91 Å². The quantitative estimate of drug-likeness (QED) is 0.527. The maximum absolute atomic E-state index is 13.5. The Morgan fingerprint density at radius 2 is 1.45 bits per heavy atom. The fourth-order valence-corrected chi connectivity index (χ4v) is 2.46. The lowest BCUT2D eigenvalue weighted by Crippen LogP contribution is -2.45. The molecular formula is C14H15F5N2O. The van der Waals surface area contributed by atoms with Gasteiger partial charge in [-0.15, -0.1) is 0 Å². The van der Waals surface area contributed by atoms with Gasteiger partial charge in [-0.25, -0.2) is 22.0 Å². The van der Waals surface area contributed by atoms with Crippen molar-refractivity contribution in [2.24, 2.45) is 0 Å². The Bertz CT molecular complexity index is 556. The number of amides is 1. The summed E-state index contributed by atoms with van der Waals surface area (Å²) in [5.41, 5.74) is -1.44. The number of halogens is 5. The molecule has 2 rings (SSSR count). The minimum atomic E-state index is -2.28. The molecule has 1 fully saturated rings. The molecule has 1 N–H and O–H groups in total. The van der Waals surface area contributed by atoms with E-state index in [1.807, 2.05) is 6.92 Å². The highest BCUT2D eigenvalue weighted by Crippen LogP contribution is 2.23. The molecule has 3 nitrogen and oxygen atoms in total. The third kappa shape index (κ3) is 3.06. The largest absolute Gasteiger partial charge is 0.349 e. The SMILES string of the molecule is CCN1CCC(NC(=O)c2c(F)c(F)c(F)c(F)c2F)CC1. The fraction of sp³-hybridized carbons (Fsp3) is 0.500. The lowest BCUT2D eigenvalue weighted by molar-refractivity contribution is 0.0901. The number of hydrogen-bond donors (Lipinski definition) is 1. The second-order valence-corrected chi connectivity index (χ2v) is 5.13. The average Bonchev–Trinajstić information content (AvgIpc) is 2.52. The van der Waals surface area contributed by atoms with Crippen molar-refractivity contribution in [3.63, 3.8) is 0 Å². The average molecular weight is 322 g/mol. The van der Waals surface area contributed by atoms with Crippen LogP contribution in [-0.4, -0.2) is 36.5 Å². The topological polar surface area (TPSA) is 32.3 Å². The Hall–Kier alpha value is -1.70. The normalized spacial score (nSPS) is 16.8. The Morgan fingerprint density at radius 1 is 1.00 bits per heavy atom. The lowest BCUT2D eigenvalue weighted by Gasteiger charge is -2.31. The number of benzene rings is 1. The zero-order valence-corrected chi connectivity index (χ0v) is 11.9. The third-order valence-corrected chi connectivity index (χ3v) is 3.81. The maximum Gasteiger partial charge on any atom is 0.257 e. The van der Waals surface area contributed by atoms with Crippen LogP contribution in [0.2, 0.25) is 0 Å². The van der Waals surface area contributed by atoms with Crippen molar-refractivity contribution in [1.82, 2.24) is 10.2 Å². The number of rotatable bonds is 3. The third-order valence-electron chi connectivity index (χ3n) is 3.81. The van der Waals surface area contributed by atoms with E-state index < -0.39 is 40.6 Å². The van der Waals surface area contributed by atoms with Gasteiger partial charge in [0.1, 0.15) is 5.56 Å². The first-order chi connectivity index (χ1) is 10.4. The molecule has 1 heterocycles. The van der Waals surface area contributed by atoms with Crippen LogP contribution in [0.4, 0.5) is 22.0 Å². The Morgan fingerprint density at radius 3 is 1.91 bits per heavy atom. The van der Waals surface area contributed by atoms with E-state index in [0.717, 1.165) is 6.54 Å².